The Morgan fingerprint density at radius 3 is 3.12 bits per heavy atom. The van der Waals surface area contributed by atoms with Gasteiger partial charge in [0.25, 0.3) is 0 Å². The first-order valence-corrected chi connectivity index (χ1v) is 6.75. The number of aromatic nitrogens is 4. The highest BCUT2D eigenvalue weighted by Gasteiger charge is 2.23. The molecule has 1 aliphatic heterocycles. The van der Waals surface area contributed by atoms with Gasteiger partial charge in [0.1, 0.15) is 16.8 Å². The third kappa shape index (κ3) is 1.58. The first kappa shape index (κ1) is 10.4. The van der Waals surface area contributed by atoms with E-state index in [1.165, 1.54) is 12.2 Å². The summed E-state index contributed by atoms with van der Waals surface area (Å²) in [5, 5.41) is 8.92. The van der Waals surface area contributed by atoms with E-state index >= 15 is 0 Å². The van der Waals surface area contributed by atoms with Crippen molar-refractivity contribution in [3.8, 4) is 0 Å². The van der Waals surface area contributed by atoms with Crippen LogP contribution in [0.1, 0.15) is 24.0 Å². The maximum absolute atomic E-state index is 5.90. The van der Waals surface area contributed by atoms with Crippen molar-refractivity contribution in [1.29, 1.82) is 0 Å². The quantitative estimate of drug-likeness (QED) is 0.733. The molecule has 0 bridgehead atoms. The zero-order valence-corrected chi connectivity index (χ0v) is 10.4. The van der Waals surface area contributed by atoms with Crippen LogP contribution in [0.15, 0.2) is 6.07 Å². The minimum atomic E-state index is 0.477. The second-order valence-electron chi connectivity index (χ2n) is 3.94. The molecule has 3 heterocycles. The third-order valence-electron chi connectivity index (χ3n) is 2.85. The highest BCUT2D eigenvalue weighted by molar-refractivity contribution is 7.99. The van der Waals surface area contributed by atoms with Crippen LogP contribution in [0, 0.1) is 6.92 Å². The number of halogens is 1. The number of hydrogen-bond acceptors (Lipinski definition) is 4. The predicted molar refractivity (Wildman–Crippen MR) is 65.2 cm³/mol. The standard InChI is InChI=1S/C10H11ClN4S/c1-6-12-8(11)4-9-13-14-10(15(6)9)7-2-3-16-5-7/h4,7H,2-3,5H2,1H3. The molecule has 16 heavy (non-hydrogen) atoms. The van der Waals surface area contributed by atoms with Gasteiger partial charge in [-0.25, -0.2) is 4.98 Å². The Bertz CT molecular complexity index is 533. The topological polar surface area (TPSA) is 43.1 Å². The molecular formula is C10H11ClN4S. The maximum atomic E-state index is 5.90. The number of nitrogens with zero attached hydrogens (tertiary/aromatic N) is 4. The van der Waals surface area contributed by atoms with Gasteiger partial charge in [0.05, 0.1) is 0 Å². The van der Waals surface area contributed by atoms with E-state index in [-0.39, 0.29) is 0 Å². The molecule has 4 nitrogen and oxygen atoms in total. The summed E-state index contributed by atoms with van der Waals surface area (Å²) in [6.07, 6.45) is 1.17. The number of rotatable bonds is 1. The Morgan fingerprint density at radius 1 is 1.50 bits per heavy atom. The molecule has 84 valence electrons. The Morgan fingerprint density at radius 2 is 2.38 bits per heavy atom. The SMILES string of the molecule is Cc1nc(Cl)cc2nnc(C3CCSC3)n12. The summed E-state index contributed by atoms with van der Waals surface area (Å²) >= 11 is 7.87. The van der Waals surface area contributed by atoms with Gasteiger partial charge >= 0.3 is 0 Å². The van der Waals surface area contributed by atoms with Crippen LogP contribution in [0.25, 0.3) is 5.65 Å². The van der Waals surface area contributed by atoms with Crippen LogP contribution >= 0.6 is 23.4 Å². The molecular weight excluding hydrogens is 244 g/mol. The summed E-state index contributed by atoms with van der Waals surface area (Å²) in [5.41, 5.74) is 0.796. The first-order valence-electron chi connectivity index (χ1n) is 5.21. The molecule has 3 rings (SSSR count). The predicted octanol–water partition coefficient (Wildman–Crippen LogP) is 2.31. The smallest absolute Gasteiger partial charge is 0.165 e. The van der Waals surface area contributed by atoms with Crippen molar-refractivity contribution in [3.63, 3.8) is 0 Å². The summed E-state index contributed by atoms with van der Waals surface area (Å²) in [7, 11) is 0. The lowest BCUT2D eigenvalue weighted by Crippen LogP contribution is -2.06. The van der Waals surface area contributed by atoms with Crippen molar-refractivity contribution in [3.05, 3.63) is 22.9 Å². The van der Waals surface area contributed by atoms with Crippen molar-refractivity contribution < 1.29 is 0 Å². The second kappa shape index (κ2) is 3.89. The monoisotopic (exact) mass is 254 g/mol. The van der Waals surface area contributed by atoms with E-state index in [2.05, 4.69) is 15.2 Å². The van der Waals surface area contributed by atoms with Gasteiger partial charge in [0.2, 0.25) is 0 Å². The van der Waals surface area contributed by atoms with E-state index in [1.54, 1.807) is 6.07 Å². The molecule has 6 heteroatoms. The van der Waals surface area contributed by atoms with Gasteiger partial charge in [-0.1, -0.05) is 11.6 Å². The van der Waals surface area contributed by atoms with Crippen molar-refractivity contribution in [1.82, 2.24) is 19.6 Å². The summed E-state index contributed by atoms with van der Waals surface area (Å²) in [6.45, 7) is 1.94. The molecule has 1 saturated heterocycles. The highest BCUT2D eigenvalue weighted by Crippen LogP contribution is 2.31. The molecule has 1 fully saturated rings. The van der Waals surface area contributed by atoms with Gasteiger partial charge in [-0.3, -0.25) is 4.40 Å². The van der Waals surface area contributed by atoms with E-state index in [1.807, 2.05) is 23.1 Å². The summed E-state index contributed by atoms with van der Waals surface area (Å²) in [5.74, 6) is 4.73. The maximum Gasteiger partial charge on any atom is 0.165 e. The lowest BCUT2D eigenvalue weighted by atomic mass is 10.1. The lowest BCUT2D eigenvalue weighted by Gasteiger charge is -2.07. The molecule has 0 N–H and O–H groups in total. The Labute approximate surface area is 102 Å². The molecule has 0 spiro atoms. The van der Waals surface area contributed by atoms with Crippen molar-refractivity contribution >= 4 is 29.0 Å². The Hall–Kier alpha value is -0.810. The van der Waals surface area contributed by atoms with Crippen molar-refractivity contribution in [2.24, 2.45) is 0 Å². The molecule has 0 radical (unpaired) electrons. The van der Waals surface area contributed by atoms with Gasteiger partial charge in [-0.15, -0.1) is 10.2 Å². The summed E-state index contributed by atoms with van der Waals surface area (Å²) in [6, 6.07) is 1.76. The molecule has 1 unspecified atom stereocenters. The van der Waals surface area contributed by atoms with Crippen LogP contribution in [-0.4, -0.2) is 31.1 Å². The second-order valence-corrected chi connectivity index (χ2v) is 5.48. The first-order chi connectivity index (χ1) is 7.75. The molecule has 1 atom stereocenters. The Kier molecular flexibility index (Phi) is 2.52. The molecule has 0 aliphatic carbocycles. The van der Waals surface area contributed by atoms with Gasteiger partial charge in [0.15, 0.2) is 5.65 Å². The van der Waals surface area contributed by atoms with E-state index < -0.39 is 0 Å². The fraction of sp³-hybridized carbons (Fsp3) is 0.500. The average Bonchev–Trinajstić information content (AvgIpc) is 2.82. The Balaban J connectivity index is 2.18. The number of thioether (sulfide) groups is 1. The minimum absolute atomic E-state index is 0.477. The number of aryl methyl sites for hydroxylation is 1. The average molecular weight is 255 g/mol. The largest absolute Gasteiger partial charge is 0.266 e. The van der Waals surface area contributed by atoms with Crippen LogP contribution < -0.4 is 0 Å². The van der Waals surface area contributed by atoms with E-state index in [0.717, 1.165) is 23.0 Å². The van der Waals surface area contributed by atoms with Gasteiger partial charge in [-0.2, -0.15) is 11.8 Å². The fourth-order valence-electron chi connectivity index (χ4n) is 2.08. The molecule has 2 aromatic heterocycles. The van der Waals surface area contributed by atoms with E-state index in [4.69, 9.17) is 11.6 Å². The third-order valence-corrected chi connectivity index (χ3v) is 4.20. The molecule has 0 amide bonds. The summed E-state index contributed by atoms with van der Waals surface area (Å²) < 4.78 is 2.02. The van der Waals surface area contributed by atoms with Crippen LogP contribution in [0.5, 0.6) is 0 Å². The zero-order chi connectivity index (χ0) is 11.1. The van der Waals surface area contributed by atoms with Gasteiger partial charge < -0.3 is 0 Å². The van der Waals surface area contributed by atoms with Crippen LogP contribution in [0.2, 0.25) is 5.15 Å². The number of fused-ring (bicyclic) bond motifs is 1. The molecule has 1 aliphatic rings. The van der Waals surface area contributed by atoms with E-state index in [0.29, 0.717) is 11.1 Å². The fourth-order valence-corrected chi connectivity index (χ4v) is 3.52. The zero-order valence-electron chi connectivity index (χ0n) is 8.85. The van der Waals surface area contributed by atoms with Crippen LogP contribution in [0.4, 0.5) is 0 Å². The molecule has 0 aromatic carbocycles. The molecule has 0 saturated carbocycles. The van der Waals surface area contributed by atoms with Crippen LogP contribution in [-0.2, 0) is 0 Å². The summed E-state index contributed by atoms with van der Waals surface area (Å²) in [4.78, 5) is 4.25. The van der Waals surface area contributed by atoms with Crippen LogP contribution in [0.3, 0.4) is 0 Å². The lowest BCUT2D eigenvalue weighted by molar-refractivity contribution is 0.696. The molecule has 2 aromatic rings. The normalized spacial score (nSPS) is 20.8. The number of hydrogen-bond donors (Lipinski definition) is 0. The van der Waals surface area contributed by atoms with Crippen molar-refractivity contribution in [2.45, 2.75) is 19.3 Å². The highest BCUT2D eigenvalue weighted by atomic mass is 35.5. The minimum Gasteiger partial charge on any atom is -0.266 e. The van der Waals surface area contributed by atoms with Gasteiger partial charge in [-0.05, 0) is 19.1 Å². The van der Waals surface area contributed by atoms with Gasteiger partial charge in [0, 0.05) is 17.7 Å². The van der Waals surface area contributed by atoms with Crippen molar-refractivity contribution in [2.75, 3.05) is 11.5 Å². The van der Waals surface area contributed by atoms with E-state index in [9.17, 15) is 0 Å².